The van der Waals surface area contributed by atoms with Crippen LogP contribution in [0.3, 0.4) is 0 Å². The summed E-state index contributed by atoms with van der Waals surface area (Å²) < 4.78 is 20.2. The lowest BCUT2D eigenvalue weighted by Gasteiger charge is -2.25. The Hall–Kier alpha value is -3.44. The Labute approximate surface area is 215 Å². The number of rotatable bonds is 10. The van der Waals surface area contributed by atoms with Crippen LogP contribution in [0.1, 0.15) is 56.5 Å². The second-order valence-electron chi connectivity index (χ2n) is 9.65. The monoisotopic (exact) mass is 508 g/mol. The summed E-state index contributed by atoms with van der Waals surface area (Å²) in [6.07, 6.45) is 9.00. The van der Waals surface area contributed by atoms with Crippen LogP contribution >= 0.6 is 0 Å². The van der Waals surface area contributed by atoms with Crippen molar-refractivity contribution in [3.05, 3.63) is 48.1 Å². The number of likely N-dealkylation sites (tertiary alicyclic amines) is 1. The van der Waals surface area contributed by atoms with Gasteiger partial charge in [0.2, 0.25) is 11.9 Å². The molecule has 5 rings (SSSR count). The van der Waals surface area contributed by atoms with Gasteiger partial charge in [0.25, 0.3) is 0 Å². The van der Waals surface area contributed by atoms with Crippen LogP contribution in [0, 0.1) is 5.82 Å². The lowest BCUT2D eigenvalue weighted by Crippen LogP contribution is -2.28. The molecule has 2 atom stereocenters. The van der Waals surface area contributed by atoms with Gasteiger partial charge >= 0.3 is 0 Å². The number of nitrogens with one attached hydrogen (secondary N) is 3. The summed E-state index contributed by atoms with van der Waals surface area (Å²) >= 11 is 0. The number of pyridine rings is 1. The molecule has 2 fully saturated rings. The molecule has 2 aliphatic rings. The highest BCUT2D eigenvalue weighted by Gasteiger charge is 2.24. The first-order valence-electron chi connectivity index (χ1n) is 12.9. The van der Waals surface area contributed by atoms with Crippen LogP contribution in [0.5, 0.6) is 0 Å². The van der Waals surface area contributed by atoms with Gasteiger partial charge in [0, 0.05) is 38.6 Å². The van der Waals surface area contributed by atoms with Gasteiger partial charge in [0.15, 0.2) is 5.82 Å². The lowest BCUT2D eigenvalue weighted by molar-refractivity contribution is -0.127. The van der Waals surface area contributed by atoms with E-state index in [0.29, 0.717) is 31.0 Å². The molecule has 10 nitrogen and oxygen atoms in total. The van der Waals surface area contributed by atoms with Gasteiger partial charge < -0.3 is 25.3 Å². The quantitative estimate of drug-likeness (QED) is 0.356. The van der Waals surface area contributed by atoms with Crippen molar-refractivity contribution in [3.8, 4) is 11.4 Å². The normalized spacial score (nSPS) is 19.9. The van der Waals surface area contributed by atoms with E-state index in [1.165, 1.54) is 0 Å². The maximum atomic E-state index is 14.6. The minimum absolute atomic E-state index is 0.167. The van der Waals surface area contributed by atoms with Crippen molar-refractivity contribution in [3.63, 3.8) is 0 Å². The highest BCUT2D eigenvalue weighted by Crippen LogP contribution is 2.30. The van der Waals surface area contributed by atoms with Gasteiger partial charge in [-0.1, -0.05) is 0 Å². The highest BCUT2D eigenvalue weighted by atomic mass is 19.1. The summed E-state index contributed by atoms with van der Waals surface area (Å²) in [6, 6.07) is 3.81. The van der Waals surface area contributed by atoms with Gasteiger partial charge in [-0.25, -0.2) is 19.3 Å². The zero-order valence-electron chi connectivity index (χ0n) is 21.0. The SMILES string of the molecule is CC1CC(c2ncc(-c3nc(Nc4ccc(CNCCCN5CCCC5=O)nc4)ncc3F)[nH]2)CCO1. The molecule has 0 bridgehead atoms. The Morgan fingerprint density at radius 1 is 1.22 bits per heavy atom. The standard InChI is InChI=1S/C26H33FN8O2/c1-17-12-18(7-11-37-17)25-30-16-22(33-25)24-21(27)15-31-26(34-24)32-20-6-5-19(29-14-20)13-28-8-3-10-35-9-2-4-23(35)36/h5-6,14-18,28H,2-4,7-13H2,1H3,(H,30,33)(H,31,32,34). The van der Waals surface area contributed by atoms with Crippen LogP contribution in [-0.4, -0.2) is 68.1 Å². The summed E-state index contributed by atoms with van der Waals surface area (Å²) in [5.74, 6) is 1.11. The van der Waals surface area contributed by atoms with Gasteiger partial charge in [-0.15, -0.1) is 0 Å². The average molecular weight is 509 g/mol. The number of imidazole rings is 1. The van der Waals surface area contributed by atoms with Gasteiger partial charge in [0.1, 0.15) is 11.5 Å². The zero-order chi connectivity index (χ0) is 25.6. The number of carbonyl (C=O) groups is 1. The summed E-state index contributed by atoms with van der Waals surface area (Å²) in [4.78, 5) is 34.2. The number of hydrogen-bond donors (Lipinski definition) is 3. The first-order valence-corrected chi connectivity index (χ1v) is 12.9. The number of halogens is 1. The van der Waals surface area contributed by atoms with Crippen molar-refractivity contribution >= 4 is 17.5 Å². The second-order valence-corrected chi connectivity index (χ2v) is 9.65. The summed E-state index contributed by atoms with van der Waals surface area (Å²) in [7, 11) is 0. The van der Waals surface area contributed by atoms with E-state index in [4.69, 9.17) is 4.74 Å². The molecule has 3 aromatic heterocycles. The lowest BCUT2D eigenvalue weighted by atomic mass is 9.96. The highest BCUT2D eigenvalue weighted by molar-refractivity contribution is 5.78. The molecule has 0 saturated carbocycles. The van der Waals surface area contributed by atoms with Gasteiger partial charge in [-0.05, 0) is 51.3 Å². The van der Waals surface area contributed by atoms with Crippen molar-refractivity contribution in [1.82, 2.24) is 35.1 Å². The van der Waals surface area contributed by atoms with Crippen LogP contribution in [0.25, 0.3) is 11.4 Å². The number of anilines is 2. The average Bonchev–Trinajstić information content (AvgIpc) is 3.55. The molecule has 0 aliphatic carbocycles. The molecule has 5 heterocycles. The van der Waals surface area contributed by atoms with Crippen molar-refractivity contribution in [2.24, 2.45) is 0 Å². The molecule has 2 saturated heterocycles. The number of aromatic nitrogens is 5. The Morgan fingerprint density at radius 2 is 2.14 bits per heavy atom. The third-order valence-corrected chi connectivity index (χ3v) is 6.81. The molecule has 37 heavy (non-hydrogen) atoms. The van der Waals surface area contributed by atoms with E-state index >= 15 is 0 Å². The first kappa shape index (κ1) is 25.2. The topological polar surface area (TPSA) is 121 Å². The van der Waals surface area contributed by atoms with Gasteiger partial charge in [-0.2, -0.15) is 0 Å². The number of amides is 1. The fraction of sp³-hybridized carbons (Fsp3) is 0.500. The number of H-pyrrole nitrogens is 1. The van der Waals surface area contributed by atoms with E-state index in [9.17, 15) is 9.18 Å². The predicted octanol–water partition coefficient (Wildman–Crippen LogP) is 3.53. The Balaban J connectivity index is 1.14. The Kier molecular flexibility index (Phi) is 8.00. The second kappa shape index (κ2) is 11.7. The smallest absolute Gasteiger partial charge is 0.228 e. The van der Waals surface area contributed by atoms with Crippen molar-refractivity contribution in [2.45, 2.75) is 57.6 Å². The maximum Gasteiger partial charge on any atom is 0.228 e. The van der Waals surface area contributed by atoms with Crippen LogP contribution in [0.2, 0.25) is 0 Å². The van der Waals surface area contributed by atoms with Crippen LogP contribution < -0.4 is 10.6 Å². The third kappa shape index (κ3) is 6.47. The van der Waals surface area contributed by atoms with Crippen molar-refractivity contribution in [1.29, 1.82) is 0 Å². The predicted molar refractivity (Wildman–Crippen MR) is 137 cm³/mol. The largest absolute Gasteiger partial charge is 0.378 e. The summed E-state index contributed by atoms with van der Waals surface area (Å²) in [6.45, 7) is 5.89. The minimum Gasteiger partial charge on any atom is -0.378 e. The molecule has 1 amide bonds. The Bertz CT molecular complexity index is 1200. The molecule has 3 aromatic rings. The molecule has 0 aromatic carbocycles. The zero-order valence-corrected chi connectivity index (χ0v) is 21.0. The van der Waals surface area contributed by atoms with E-state index < -0.39 is 5.82 Å². The van der Waals surface area contributed by atoms with Crippen molar-refractivity contribution < 1.29 is 13.9 Å². The molecule has 3 N–H and O–H groups in total. The molecule has 196 valence electrons. The van der Waals surface area contributed by atoms with E-state index in [1.54, 1.807) is 12.4 Å². The van der Waals surface area contributed by atoms with Crippen LogP contribution in [0.4, 0.5) is 16.0 Å². The molecule has 11 heteroatoms. The Morgan fingerprint density at radius 3 is 2.92 bits per heavy atom. The van der Waals surface area contributed by atoms with Gasteiger partial charge in [-0.3, -0.25) is 9.78 Å². The summed E-state index contributed by atoms with van der Waals surface area (Å²) in [5.41, 5.74) is 2.29. The maximum absolute atomic E-state index is 14.6. The molecular weight excluding hydrogens is 475 g/mol. The van der Waals surface area contributed by atoms with E-state index in [-0.39, 0.29) is 29.6 Å². The molecule has 0 spiro atoms. The fourth-order valence-corrected chi connectivity index (χ4v) is 4.81. The number of aromatic amines is 1. The number of ether oxygens (including phenoxy) is 1. The molecular formula is C26H33FN8O2. The number of nitrogens with zero attached hydrogens (tertiary/aromatic N) is 5. The van der Waals surface area contributed by atoms with Gasteiger partial charge in [0.05, 0.1) is 41.8 Å². The molecule has 0 radical (unpaired) electrons. The molecule has 2 unspecified atom stereocenters. The first-order chi connectivity index (χ1) is 18.0. The third-order valence-electron chi connectivity index (χ3n) is 6.81. The molecule has 2 aliphatic heterocycles. The fourth-order valence-electron chi connectivity index (χ4n) is 4.81. The van der Waals surface area contributed by atoms with Crippen molar-refractivity contribution in [2.75, 3.05) is 31.6 Å². The van der Waals surface area contributed by atoms with E-state index in [0.717, 1.165) is 63.0 Å². The van der Waals surface area contributed by atoms with Crippen LogP contribution in [-0.2, 0) is 16.1 Å². The van der Waals surface area contributed by atoms with E-state index in [1.807, 2.05) is 17.0 Å². The summed E-state index contributed by atoms with van der Waals surface area (Å²) in [5, 5.41) is 6.46. The minimum atomic E-state index is -0.519. The van der Waals surface area contributed by atoms with E-state index in [2.05, 4.69) is 42.5 Å². The number of carbonyl (C=O) groups excluding carboxylic acids is 1. The number of hydrogen-bond acceptors (Lipinski definition) is 8. The van der Waals surface area contributed by atoms with Crippen LogP contribution in [0.15, 0.2) is 30.7 Å².